The number of hydrogen-bond donors (Lipinski definition) is 1. The number of carbonyl (C=O) groups excluding carboxylic acids is 2. The summed E-state index contributed by atoms with van der Waals surface area (Å²) in [7, 11) is 0. The number of nitro benzene ring substituents is 1. The summed E-state index contributed by atoms with van der Waals surface area (Å²) < 4.78 is 7.26. The maximum atomic E-state index is 13.1. The van der Waals surface area contributed by atoms with Crippen molar-refractivity contribution in [3.8, 4) is 11.4 Å². The van der Waals surface area contributed by atoms with E-state index < -0.39 is 16.9 Å². The van der Waals surface area contributed by atoms with Crippen molar-refractivity contribution in [3.63, 3.8) is 0 Å². The third-order valence-corrected chi connectivity index (χ3v) is 6.21. The molecule has 188 valence electrons. The average Bonchev–Trinajstić information content (AvgIpc) is 3.56. The third-order valence-electron chi connectivity index (χ3n) is 6.21. The van der Waals surface area contributed by atoms with Gasteiger partial charge in [-0.05, 0) is 38.3 Å². The summed E-state index contributed by atoms with van der Waals surface area (Å²) in [5.41, 5.74) is 1.67. The van der Waals surface area contributed by atoms with Gasteiger partial charge in [-0.2, -0.15) is 0 Å². The van der Waals surface area contributed by atoms with Gasteiger partial charge in [-0.1, -0.05) is 36.4 Å². The zero-order valence-corrected chi connectivity index (χ0v) is 20.2. The van der Waals surface area contributed by atoms with E-state index in [2.05, 4.69) is 15.6 Å². The fourth-order valence-corrected chi connectivity index (χ4v) is 4.25. The summed E-state index contributed by atoms with van der Waals surface area (Å²) in [6.45, 7) is 5.07. The van der Waals surface area contributed by atoms with E-state index in [1.54, 1.807) is 30.0 Å². The van der Waals surface area contributed by atoms with Crippen molar-refractivity contribution in [2.24, 2.45) is 0 Å². The zero-order chi connectivity index (χ0) is 25.7. The van der Waals surface area contributed by atoms with E-state index in [0.29, 0.717) is 23.6 Å². The maximum absolute atomic E-state index is 13.1. The van der Waals surface area contributed by atoms with Gasteiger partial charge in [0.15, 0.2) is 12.3 Å². The second-order valence-electron chi connectivity index (χ2n) is 8.56. The van der Waals surface area contributed by atoms with Crippen LogP contribution in [0.5, 0.6) is 5.75 Å². The first kappa shape index (κ1) is 24.8. The lowest BCUT2D eigenvalue weighted by atomic mass is 10.0. The Bertz CT molecular complexity index is 1270. The fraction of sp³-hybridized carbons (Fsp3) is 0.360. The molecule has 1 N–H and O–H groups in total. The van der Waals surface area contributed by atoms with Gasteiger partial charge in [0.1, 0.15) is 5.75 Å². The number of para-hydroxylation sites is 1. The first-order chi connectivity index (χ1) is 17.4. The van der Waals surface area contributed by atoms with Gasteiger partial charge in [0.2, 0.25) is 0 Å². The second kappa shape index (κ2) is 11.0. The minimum atomic E-state index is -0.493. The van der Waals surface area contributed by atoms with Crippen LogP contribution in [0.4, 0.5) is 5.69 Å². The molecule has 36 heavy (non-hydrogen) atoms. The van der Waals surface area contributed by atoms with E-state index in [4.69, 9.17) is 4.74 Å². The first-order valence-electron chi connectivity index (χ1n) is 11.9. The molecular formula is C25H28N6O5. The molecule has 4 rings (SSSR count). The maximum Gasteiger partial charge on any atom is 0.274 e. The highest BCUT2D eigenvalue weighted by molar-refractivity contribution is 5.93. The topological polar surface area (TPSA) is 132 Å². The Morgan fingerprint density at radius 3 is 2.64 bits per heavy atom. The van der Waals surface area contributed by atoms with Crippen molar-refractivity contribution < 1.29 is 19.2 Å². The quantitative estimate of drug-likeness (QED) is 0.358. The summed E-state index contributed by atoms with van der Waals surface area (Å²) in [4.78, 5) is 38.0. The number of aromatic nitrogens is 3. The highest BCUT2D eigenvalue weighted by atomic mass is 16.6. The van der Waals surface area contributed by atoms with Crippen LogP contribution in [0.15, 0.2) is 48.5 Å². The van der Waals surface area contributed by atoms with Gasteiger partial charge in [0.25, 0.3) is 17.5 Å². The van der Waals surface area contributed by atoms with Gasteiger partial charge in [-0.3, -0.25) is 19.7 Å². The normalized spacial score (nSPS) is 13.9. The summed E-state index contributed by atoms with van der Waals surface area (Å²) in [5.74, 6) is 0.0564. The molecule has 1 aliphatic rings. The largest absolute Gasteiger partial charge is 0.483 e. The van der Waals surface area contributed by atoms with Crippen molar-refractivity contribution in [1.82, 2.24) is 25.2 Å². The summed E-state index contributed by atoms with van der Waals surface area (Å²) in [6, 6.07) is 12.9. The lowest BCUT2D eigenvalue weighted by Gasteiger charge is -2.21. The molecule has 0 radical (unpaired) electrons. The van der Waals surface area contributed by atoms with Crippen LogP contribution in [-0.2, 0) is 4.79 Å². The number of rotatable bonds is 9. The van der Waals surface area contributed by atoms with Gasteiger partial charge >= 0.3 is 0 Å². The standard InChI is InChI=1S/C25H28N6O5/c1-3-21(20-11-4-5-12-22(20)36-16-23(32)29-13-6-7-14-29)26-25(33)24-17(2)30(28-27-24)18-9-8-10-19(15-18)31(34)35/h4-5,8-12,15,21H,3,6-7,13-14,16H2,1-2H3,(H,26,33). The SMILES string of the molecule is CCC(NC(=O)c1nnn(-c2cccc([N+](=O)[O-])c2)c1C)c1ccccc1OCC(=O)N1CCCC1. The number of likely N-dealkylation sites (tertiary alicyclic amines) is 1. The van der Waals surface area contributed by atoms with E-state index in [1.807, 2.05) is 25.1 Å². The van der Waals surface area contributed by atoms with Gasteiger partial charge in [-0.25, -0.2) is 4.68 Å². The average molecular weight is 493 g/mol. The molecule has 2 amide bonds. The lowest BCUT2D eigenvalue weighted by molar-refractivity contribution is -0.384. The number of ether oxygens (including phenoxy) is 1. The molecule has 0 saturated carbocycles. The number of hydrogen-bond acceptors (Lipinski definition) is 7. The number of benzene rings is 2. The molecule has 2 aromatic carbocycles. The van der Waals surface area contributed by atoms with E-state index in [9.17, 15) is 19.7 Å². The van der Waals surface area contributed by atoms with Crippen molar-refractivity contribution in [1.29, 1.82) is 0 Å². The number of nitrogens with one attached hydrogen (secondary N) is 1. The number of nitrogens with zero attached hydrogens (tertiary/aromatic N) is 5. The minimum Gasteiger partial charge on any atom is -0.483 e. The first-order valence-corrected chi connectivity index (χ1v) is 11.9. The molecule has 1 aliphatic heterocycles. The summed E-state index contributed by atoms with van der Waals surface area (Å²) >= 11 is 0. The predicted molar refractivity (Wildman–Crippen MR) is 131 cm³/mol. The van der Waals surface area contributed by atoms with Crippen LogP contribution < -0.4 is 10.1 Å². The number of carbonyl (C=O) groups is 2. The van der Waals surface area contributed by atoms with Crippen LogP contribution in [-0.4, -0.2) is 56.3 Å². The molecule has 3 aromatic rings. The fourth-order valence-electron chi connectivity index (χ4n) is 4.25. The molecule has 1 fully saturated rings. The minimum absolute atomic E-state index is 0.0484. The Hall–Kier alpha value is -4.28. The Balaban J connectivity index is 1.49. The van der Waals surface area contributed by atoms with Crippen molar-refractivity contribution >= 4 is 17.5 Å². The van der Waals surface area contributed by atoms with Crippen LogP contribution in [0.1, 0.15) is 54.0 Å². The Morgan fingerprint density at radius 1 is 1.17 bits per heavy atom. The number of non-ortho nitro benzene ring substituents is 1. The zero-order valence-electron chi connectivity index (χ0n) is 20.2. The molecule has 2 heterocycles. The molecule has 0 aliphatic carbocycles. The molecule has 11 nitrogen and oxygen atoms in total. The third kappa shape index (κ3) is 5.35. The van der Waals surface area contributed by atoms with Crippen LogP contribution in [0.25, 0.3) is 5.69 Å². The monoisotopic (exact) mass is 492 g/mol. The molecule has 1 unspecified atom stereocenters. The van der Waals surface area contributed by atoms with Crippen molar-refractivity contribution in [2.45, 2.75) is 39.2 Å². The lowest BCUT2D eigenvalue weighted by Crippen LogP contribution is -2.33. The summed E-state index contributed by atoms with van der Waals surface area (Å²) in [6.07, 6.45) is 2.60. The van der Waals surface area contributed by atoms with E-state index in [1.165, 1.54) is 16.8 Å². The smallest absolute Gasteiger partial charge is 0.274 e. The van der Waals surface area contributed by atoms with Crippen molar-refractivity contribution in [2.75, 3.05) is 19.7 Å². The highest BCUT2D eigenvalue weighted by Gasteiger charge is 2.24. The molecular weight excluding hydrogens is 464 g/mol. The van der Waals surface area contributed by atoms with Crippen LogP contribution in [0, 0.1) is 17.0 Å². The Labute approximate surface area is 208 Å². The van der Waals surface area contributed by atoms with Crippen molar-refractivity contribution in [3.05, 3.63) is 75.6 Å². The molecule has 1 saturated heterocycles. The number of nitro groups is 1. The predicted octanol–water partition coefficient (Wildman–Crippen LogP) is 3.37. The van der Waals surface area contributed by atoms with Crippen LogP contribution in [0.3, 0.4) is 0 Å². The Morgan fingerprint density at radius 2 is 1.92 bits per heavy atom. The van der Waals surface area contributed by atoms with Crippen LogP contribution >= 0.6 is 0 Å². The van der Waals surface area contributed by atoms with E-state index in [0.717, 1.165) is 31.5 Å². The molecule has 0 bridgehead atoms. The molecule has 11 heteroatoms. The molecule has 1 atom stereocenters. The second-order valence-corrected chi connectivity index (χ2v) is 8.56. The van der Waals surface area contributed by atoms with Gasteiger partial charge in [-0.15, -0.1) is 5.10 Å². The van der Waals surface area contributed by atoms with Gasteiger partial charge < -0.3 is 15.0 Å². The highest BCUT2D eigenvalue weighted by Crippen LogP contribution is 2.28. The van der Waals surface area contributed by atoms with Gasteiger partial charge in [0.05, 0.1) is 22.3 Å². The van der Waals surface area contributed by atoms with E-state index in [-0.39, 0.29) is 23.9 Å². The summed E-state index contributed by atoms with van der Waals surface area (Å²) in [5, 5.41) is 22.2. The van der Waals surface area contributed by atoms with E-state index >= 15 is 0 Å². The molecule has 0 spiro atoms. The number of amides is 2. The molecule has 1 aromatic heterocycles. The van der Waals surface area contributed by atoms with Gasteiger partial charge in [0, 0.05) is 30.8 Å². The van der Waals surface area contributed by atoms with Crippen LogP contribution in [0.2, 0.25) is 0 Å². The Kier molecular flexibility index (Phi) is 7.57.